The third-order valence-corrected chi connectivity index (χ3v) is 2.37. The molecule has 0 heterocycles. The average Bonchev–Trinajstić information content (AvgIpc) is 2.28. The Morgan fingerprint density at radius 2 is 2.33 bits per heavy atom. The van der Waals surface area contributed by atoms with Crippen LogP contribution in [0.2, 0.25) is 0 Å². The van der Waals surface area contributed by atoms with Gasteiger partial charge in [0.05, 0.1) is 23.6 Å². The molecule has 1 N–H and O–H groups in total. The summed E-state index contributed by atoms with van der Waals surface area (Å²) in [7, 11) is 1.43. The predicted molar refractivity (Wildman–Crippen MR) is 57.5 cm³/mol. The number of nitriles is 1. The summed E-state index contributed by atoms with van der Waals surface area (Å²) in [4.78, 5) is 11.4. The highest BCUT2D eigenvalue weighted by Crippen LogP contribution is 2.28. The zero-order chi connectivity index (χ0) is 11.4. The van der Waals surface area contributed by atoms with Crippen LogP contribution in [-0.2, 0) is 0 Å². The predicted octanol–water partition coefficient (Wildman–Crippen LogP) is 1.85. The lowest BCUT2D eigenvalue weighted by Gasteiger charge is -2.06. The van der Waals surface area contributed by atoms with Crippen molar-refractivity contribution in [3.63, 3.8) is 0 Å². The van der Waals surface area contributed by atoms with Crippen LogP contribution in [0.5, 0.6) is 11.5 Å². The summed E-state index contributed by atoms with van der Waals surface area (Å²) < 4.78 is 4.92. The first kappa shape index (κ1) is 11.5. The molecule has 0 bridgehead atoms. The van der Waals surface area contributed by atoms with Gasteiger partial charge in [0, 0.05) is 6.07 Å². The zero-order valence-electron chi connectivity index (χ0n) is 7.95. The average molecular weight is 270 g/mol. The number of ketones is 1. The molecule has 0 radical (unpaired) electrons. The molecule has 78 valence electrons. The fraction of sp³-hybridized carbons (Fsp3) is 0.200. The molecule has 0 aliphatic rings. The Hall–Kier alpha value is -1.54. The molecule has 0 amide bonds. The fourth-order valence-corrected chi connectivity index (χ4v) is 1.40. The minimum Gasteiger partial charge on any atom is -0.506 e. The van der Waals surface area contributed by atoms with Gasteiger partial charge in [0.15, 0.2) is 5.78 Å². The van der Waals surface area contributed by atoms with Gasteiger partial charge in [-0.2, -0.15) is 5.26 Å². The Bertz CT molecular complexity index is 437. The van der Waals surface area contributed by atoms with Crippen molar-refractivity contribution in [2.24, 2.45) is 0 Å². The number of hydrogen-bond acceptors (Lipinski definition) is 4. The summed E-state index contributed by atoms with van der Waals surface area (Å²) in [6.07, 6.45) is 0. The van der Waals surface area contributed by atoms with Crippen LogP contribution in [0.25, 0.3) is 0 Å². The number of rotatable bonds is 3. The van der Waals surface area contributed by atoms with Crippen LogP contribution in [0.1, 0.15) is 15.9 Å². The quantitative estimate of drug-likeness (QED) is 0.672. The number of carbonyl (C=O) groups is 1. The molecule has 15 heavy (non-hydrogen) atoms. The molecule has 0 aliphatic carbocycles. The third-order valence-electron chi connectivity index (χ3n) is 1.86. The Balaban J connectivity index is 3.38. The maximum Gasteiger partial charge on any atom is 0.177 e. The van der Waals surface area contributed by atoms with Gasteiger partial charge in [-0.1, -0.05) is 15.9 Å². The highest BCUT2D eigenvalue weighted by atomic mass is 79.9. The van der Waals surface area contributed by atoms with Crippen molar-refractivity contribution in [3.05, 3.63) is 23.3 Å². The number of methoxy groups -OCH3 is 1. The summed E-state index contributed by atoms with van der Waals surface area (Å²) in [5, 5.41) is 18.4. The monoisotopic (exact) mass is 269 g/mol. The van der Waals surface area contributed by atoms with Crippen LogP contribution >= 0.6 is 15.9 Å². The summed E-state index contributed by atoms with van der Waals surface area (Å²) in [5.74, 6) is -0.237. The van der Waals surface area contributed by atoms with E-state index in [1.807, 2.05) is 0 Å². The van der Waals surface area contributed by atoms with Crippen molar-refractivity contribution in [3.8, 4) is 17.6 Å². The second-order valence-electron chi connectivity index (χ2n) is 2.74. The van der Waals surface area contributed by atoms with Gasteiger partial charge in [0.2, 0.25) is 0 Å². The van der Waals surface area contributed by atoms with Gasteiger partial charge in [-0.3, -0.25) is 4.79 Å². The van der Waals surface area contributed by atoms with Crippen molar-refractivity contribution < 1.29 is 14.6 Å². The minimum atomic E-state index is -0.303. The number of carbonyl (C=O) groups excluding carboxylic acids is 1. The van der Waals surface area contributed by atoms with Gasteiger partial charge in [-0.25, -0.2) is 0 Å². The van der Waals surface area contributed by atoms with Crippen molar-refractivity contribution in [1.82, 2.24) is 0 Å². The molecule has 4 nitrogen and oxygen atoms in total. The number of hydrogen-bond donors (Lipinski definition) is 1. The van der Waals surface area contributed by atoms with Gasteiger partial charge < -0.3 is 9.84 Å². The van der Waals surface area contributed by atoms with E-state index in [-0.39, 0.29) is 28.0 Å². The van der Waals surface area contributed by atoms with E-state index in [4.69, 9.17) is 10.00 Å². The van der Waals surface area contributed by atoms with Crippen LogP contribution < -0.4 is 4.74 Å². The van der Waals surface area contributed by atoms with Gasteiger partial charge in [-0.15, -0.1) is 0 Å². The number of Topliss-reactive ketones (excluding diaryl/α,β-unsaturated/α-hetero) is 1. The molecule has 0 fully saturated rings. The normalized spacial score (nSPS) is 9.40. The minimum absolute atomic E-state index is 0.0265. The Labute approximate surface area is 95.2 Å². The molecule has 0 atom stereocenters. The summed E-state index contributed by atoms with van der Waals surface area (Å²) >= 11 is 2.99. The van der Waals surface area contributed by atoms with Crippen molar-refractivity contribution >= 4 is 21.7 Å². The fourth-order valence-electron chi connectivity index (χ4n) is 1.10. The number of nitrogens with zero attached hydrogens (tertiary/aromatic N) is 1. The molecule has 0 aliphatic heterocycles. The molecule has 0 aromatic heterocycles. The number of halogens is 1. The van der Waals surface area contributed by atoms with Crippen LogP contribution in [0.3, 0.4) is 0 Å². The van der Waals surface area contributed by atoms with E-state index in [1.165, 1.54) is 19.2 Å². The van der Waals surface area contributed by atoms with E-state index < -0.39 is 0 Å². The standard InChI is InChI=1S/C10H8BrNO3/c1-15-7-2-6(5-12)10(14)8(3-7)9(13)4-11/h2-3,14H,4H2,1H3. The number of phenols is 1. The second-order valence-corrected chi connectivity index (χ2v) is 3.30. The SMILES string of the molecule is COc1cc(C#N)c(O)c(C(=O)CBr)c1. The third kappa shape index (κ3) is 2.28. The molecule has 1 rings (SSSR count). The Morgan fingerprint density at radius 1 is 1.67 bits per heavy atom. The Morgan fingerprint density at radius 3 is 2.80 bits per heavy atom. The van der Waals surface area contributed by atoms with Crippen molar-refractivity contribution in [2.75, 3.05) is 12.4 Å². The van der Waals surface area contributed by atoms with E-state index in [2.05, 4.69) is 15.9 Å². The topological polar surface area (TPSA) is 70.3 Å². The first-order chi connectivity index (χ1) is 7.13. The highest BCUT2D eigenvalue weighted by molar-refractivity contribution is 9.09. The highest BCUT2D eigenvalue weighted by Gasteiger charge is 2.15. The summed E-state index contributed by atoms with van der Waals surface area (Å²) in [6.45, 7) is 0. The first-order valence-electron chi connectivity index (χ1n) is 4.04. The van der Waals surface area contributed by atoms with E-state index in [0.717, 1.165) is 0 Å². The molecule has 1 aromatic rings. The second kappa shape index (κ2) is 4.80. The molecule has 5 heteroatoms. The van der Waals surface area contributed by atoms with Crippen LogP contribution in [0, 0.1) is 11.3 Å². The summed E-state index contributed by atoms with van der Waals surface area (Å²) in [5.41, 5.74) is 0.112. The number of phenolic OH excluding ortho intramolecular Hbond substituents is 1. The zero-order valence-corrected chi connectivity index (χ0v) is 9.54. The Kier molecular flexibility index (Phi) is 3.69. The summed E-state index contributed by atoms with van der Waals surface area (Å²) in [6, 6.07) is 4.57. The molecule has 0 saturated heterocycles. The van der Waals surface area contributed by atoms with Gasteiger partial charge in [0.25, 0.3) is 0 Å². The van der Waals surface area contributed by atoms with Crippen LogP contribution in [-0.4, -0.2) is 23.3 Å². The number of ether oxygens (including phenoxy) is 1. The lowest BCUT2D eigenvalue weighted by Crippen LogP contribution is -2.02. The number of benzene rings is 1. The largest absolute Gasteiger partial charge is 0.506 e. The number of alkyl halides is 1. The molecular weight excluding hydrogens is 262 g/mol. The van der Waals surface area contributed by atoms with Gasteiger partial charge >= 0.3 is 0 Å². The maximum absolute atomic E-state index is 11.4. The smallest absolute Gasteiger partial charge is 0.177 e. The molecular formula is C10H8BrNO3. The van der Waals surface area contributed by atoms with E-state index in [0.29, 0.717) is 5.75 Å². The lowest BCUT2D eigenvalue weighted by molar-refractivity contribution is 0.102. The molecule has 0 spiro atoms. The van der Waals surface area contributed by atoms with Crippen molar-refractivity contribution in [2.45, 2.75) is 0 Å². The maximum atomic E-state index is 11.4. The van der Waals surface area contributed by atoms with Gasteiger partial charge in [-0.05, 0) is 6.07 Å². The van der Waals surface area contributed by atoms with E-state index in [9.17, 15) is 9.90 Å². The van der Waals surface area contributed by atoms with Crippen molar-refractivity contribution in [1.29, 1.82) is 5.26 Å². The van der Waals surface area contributed by atoms with E-state index >= 15 is 0 Å². The molecule has 0 saturated carbocycles. The van der Waals surface area contributed by atoms with Gasteiger partial charge in [0.1, 0.15) is 17.6 Å². The molecule has 0 unspecified atom stereocenters. The lowest BCUT2D eigenvalue weighted by atomic mass is 10.1. The molecule has 1 aromatic carbocycles. The number of aromatic hydroxyl groups is 1. The van der Waals surface area contributed by atoms with Crippen LogP contribution in [0.15, 0.2) is 12.1 Å². The van der Waals surface area contributed by atoms with Crippen LogP contribution in [0.4, 0.5) is 0 Å². The van der Waals surface area contributed by atoms with E-state index in [1.54, 1.807) is 6.07 Å². The first-order valence-corrected chi connectivity index (χ1v) is 5.16.